The predicted molar refractivity (Wildman–Crippen MR) is 131 cm³/mol. The van der Waals surface area contributed by atoms with Crippen LogP contribution in [0.15, 0.2) is 4.99 Å². The van der Waals surface area contributed by atoms with Crippen LogP contribution in [0.3, 0.4) is 0 Å². The van der Waals surface area contributed by atoms with Gasteiger partial charge in [0.25, 0.3) is 0 Å². The van der Waals surface area contributed by atoms with Crippen molar-refractivity contribution in [2.75, 3.05) is 20.8 Å². The number of carbonyl (C=O) groups is 2. The lowest BCUT2D eigenvalue weighted by atomic mass is 9.73. The van der Waals surface area contributed by atoms with Crippen molar-refractivity contribution in [3.05, 3.63) is 0 Å². The smallest absolute Gasteiger partial charge is 0.325 e. The van der Waals surface area contributed by atoms with Crippen LogP contribution in [0.2, 0.25) is 19.6 Å². The van der Waals surface area contributed by atoms with E-state index < -0.39 is 31.5 Å². The van der Waals surface area contributed by atoms with Gasteiger partial charge in [0.1, 0.15) is 0 Å². The van der Waals surface area contributed by atoms with Crippen LogP contribution >= 0.6 is 24.0 Å². The number of nitrogens with zero attached hydrogens (tertiary/aromatic N) is 1. The molecule has 0 aliphatic carbocycles. The van der Waals surface area contributed by atoms with Gasteiger partial charge in [-0.25, -0.2) is 9.79 Å². The normalized spacial score (nSPS) is 14.3. The second-order valence-corrected chi connectivity index (χ2v) is 17.8. The summed E-state index contributed by atoms with van der Waals surface area (Å²) in [5, 5.41) is 0. The van der Waals surface area contributed by atoms with E-state index in [9.17, 15) is 14.4 Å². The highest BCUT2D eigenvalue weighted by Crippen LogP contribution is 2.43. The van der Waals surface area contributed by atoms with Gasteiger partial charge in [0.2, 0.25) is 10.5 Å². The molecule has 0 saturated carbocycles. The lowest BCUT2D eigenvalue weighted by molar-refractivity contribution is -0.172. The Morgan fingerprint density at radius 2 is 1.58 bits per heavy atom. The van der Waals surface area contributed by atoms with E-state index in [-0.39, 0.29) is 22.6 Å². The molecule has 2 atom stereocenters. The van der Waals surface area contributed by atoms with Crippen LogP contribution in [-0.2, 0) is 28.6 Å². The van der Waals surface area contributed by atoms with E-state index in [0.29, 0.717) is 11.0 Å². The fraction of sp³-hybridized carbons (Fsp3) is 0.810. The van der Waals surface area contributed by atoms with Gasteiger partial charge in [-0.3, -0.25) is 9.59 Å². The number of hydrogen-bond donors (Lipinski definition) is 0. The summed E-state index contributed by atoms with van der Waals surface area (Å²) in [6.45, 7) is 16.5. The largest absolute Gasteiger partial charge is 0.478 e. The number of isocyanates is 1. The van der Waals surface area contributed by atoms with E-state index in [4.69, 9.17) is 26.4 Å². The maximum absolute atomic E-state index is 13.1. The average Bonchev–Trinajstić information content (AvgIpc) is 2.65. The number of rotatable bonds is 10. The fourth-order valence-corrected chi connectivity index (χ4v) is 7.14. The molecule has 0 aromatic rings. The Hall–Kier alpha value is -1.22. The Bertz CT molecular complexity index is 677. The minimum absolute atomic E-state index is 0.0553. The Kier molecular flexibility index (Phi) is 11.7. The van der Waals surface area contributed by atoms with Crippen molar-refractivity contribution in [3.63, 3.8) is 0 Å². The molecule has 0 aromatic heterocycles. The average molecular weight is 492 g/mol. The van der Waals surface area contributed by atoms with Crippen LogP contribution in [0.25, 0.3) is 0 Å². The SMILES string of the molecule is COC(=O)C(CC(SC(=S)OCC(C)(C)C)[Si](C)(C)C)(C(=O)OC)C(N=C=O)C(C)C. The minimum atomic E-state index is -2.02. The quantitative estimate of drug-likeness (QED) is 0.111. The molecule has 0 aromatic carbocycles. The molecule has 0 aliphatic rings. The summed E-state index contributed by atoms with van der Waals surface area (Å²) in [6.07, 6.45) is 1.57. The molecule has 0 spiro atoms. The number of hydrogen-bond acceptors (Lipinski definition) is 9. The first-order chi connectivity index (χ1) is 14.1. The highest BCUT2D eigenvalue weighted by molar-refractivity contribution is 8.23. The molecule has 0 heterocycles. The summed E-state index contributed by atoms with van der Waals surface area (Å²) >= 11 is 6.80. The zero-order valence-electron chi connectivity index (χ0n) is 20.4. The maximum Gasteiger partial charge on any atom is 0.325 e. The summed E-state index contributed by atoms with van der Waals surface area (Å²) in [7, 11) is 0.393. The molecule has 0 N–H and O–H groups in total. The van der Waals surface area contributed by atoms with Crippen LogP contribution < -0.4 is 0 Å². The third-order valence-electron chi connectivity index (χ3n) is 4.76. The van der Waals surface area contributed by atoms with Crippen molar-refractivity contribution in [2.24, 2.45) is 21.7 Å². The van der Waals surface area contributed by atoms with Crippen molar-refractivity contribution in [2.45, 2.75) is 71.6 Å². The van der Waals surface area contributed by atoms with Crippen LogP contribution in [0.5, 0.6) is 0 Å². The van der Waals surface area contributed by atoms with Crippen molar-refractivity contribution in [3.8, 4) is 0 Å². The third-order valence-corrected chi connectivity index (χ3v) is 10.5. The standard InChI is InChI=1S/C21H37NO6S2Si/c1-14(2)16(22-13-23)21(17(24)26-6,18(25)27-7)11-15(31(8,9)10)30-19(29)28-12-20(3,4)5/h14-16H,11-12H2,1-10H3. The monoisotopic (exact) mass is 491 g/mol. The number of methoxy groups -OCH3 is 2. The number of carbonyl (C=O) groups excluding carboxylic acids is 3. The van der Waals surface area contributed by atoms with Gasteiger partial charge in [-0.15, -0.1) is 0 Å². The lowest BCUT2D eigenvalue weighted by Gasteiger charge is -2.40. The van der Waals surface area contributed by atoms with E-state index in [0.717, 1.165) is 0 Å². The Labute approximate surface area is 197 Å². The second-order valence-electron chi connectivity index (χ2n) is 10.1. The summed E-state index contributed by atoms with van der Waals surface area (Å²) in [5.41, 5.74) is -1.87. The van der Waals surface area contributed by atoms with Gasteiger partial charge >= 0.3 is 11.9 Å². The Morgan fingerprint density at radius 3 is 1.90 bits per heavy atom. The van der Waals surface area contributed by atoms with E-state index in [1.165, 1.54) is 32.1 Å². The van der Waals surface area contributed by atoms with Crippen LogP contribution in [-0.4, -0.2) is 62.2 Å². The Balaban J connectivity index is 6.39. The topological polar surface area (TPSA) is 91.3 Å². The van der Waals surface area contributed by atoms with Crippen LogP contribution in [0.4, 0.5) is 0 Å². The molecule has 0 amide bonds. The first kappa shape index (κ1) is 29.8. The zero-order valence-corrected chi connectivity index (χ0v) is 23.0. The van der Waals surface area contributed by atoms with Gasteiger partial charge in [-0.05, 0) is 30.0 Å². The molecule has 0 bridgehead atoms. The van der Waals surface area contributed by atoms with Crippen molar-refractivity contribution in [1.82, 2.24) is 0 Å². The second kappa shape index (κ2) is 12.1. The van der Waals surface area contributed by atoms with E-state index in [1.54, 1.807) is 13.8 Å². The first-order valence-corrected chi connectivity index (χ1v) is 15.0. The highest BCUT2D eigenvalue weighted by atomic mass is 32.2. The van der Waals surface area contributed by atoms with Crippen LogP contribution in [0.1, 0.15) is 41.0 Å². The fourth-order valence-electron chi connectivity index (χ4n) is 3.10. The molecule has 0 saturated heterocycles. The van der Waals surface area contributed by atoms with Crippen molar-refractivity contribution < 1.29 is 28.6 Å². The summed E-state index contributed by atoms with van der Waals surface area (Å²) in [6, 6.07) is -0.992. The van der Waals surface area contributed by atoms with Crippen LogP contribution in [0, 0.1) is 16.7 Å². The first-order valence-electron chi connectivity index (χ1n) is 10.1. The number of thioether (sulfide) groups is 1. The van der Waals surface area contributed by atoms with Gasteiger partial charge in [-0.1, -0.05) is 66.0 Å². The number of esters is 2. The molecular weight excluding hydrogens is 454 g/mol. The van der Waals surface area contributed by atoms with Gasteiger partial charge in [0.15, 0.2) is 5.41 Å². The van der Waals surface area contributed by atoms with E-state index in [1.807, 2.05) is 20.8 Å². The molecule has 0 aliphatic heterocycles. The van der Waals surface area contributed by atoms with E-state index in [2.05, 4.69) is 24.6 Å². The number of thiocarbonyl (C=S) groups is 1. The zero-order chi connectivity index (χ0) is 24.6. The van der Waals surface area contributed by atoms with Gasteiger partial charge in [0, 0.05) is 4.87 Å². The van der Waals surface area contributed by atoms with Crippen molar-refractivity contribution >= 4 is 54.5 Å². The van der Waals surface area contributed by atoms with E-state index >= 15 is 0 Å². The molecule has 0 fully saturated rings. The number of ether oxygens (including phenoxy) is 3. The Morgan fingerprint density at radius 1 is 1.10 bits per heavy atom. The summed E-state index contributed by atoms with van der Waals surface area (Å²) in [4.78, 5) is 41.0. The molecule has 178 valence electrons. The maximum atomic E-state index is 13.1. The molecule has 0 radical (unpaired) electrons. The van der Waals surface area contributed by atoms with Crippen molar-refractivity contribution in [1.29, 1.82) is 0 Å². The summed E-state index contributed by atoms with van der Waals surface area (Å²) in [5.74, 6) is -1.90. The third kappa shape index (κ3) is 8.67. The number of aliphatic imine (C=N–C) groups is 1. The van der Waals surface area contributed by atoms with Gasteiger partial charge < -0.3 is 14.2 Å². The minimum Gasteiger partial charge on any atom is -0.478 e. The molecule has 7 nitrogen and oxygen atoms in total. The van der Waals surface area contributed by atoms with Gasteiger partial charge in [-0.2, -0.15) is 0 Å². The lowest BCUT2D eigenvalue weighted by Crippen LogP contribution is -2.55. The van der Waals surface area contributed by atoms with Gasteiger partial charge in [0.05, 0.1) is 34.9 Å². The summed E-state index contributed by atoms with van der Waals surface area (Å²) < 4.78 is 16.2. The molecule has 31 heavy (non-hydrogen) atoms. The molecule has 2 unspecified atom stereocenters. The molecule has 0 rings (SSSR count). The molecular formula is C21H37NO6S2Si. The molecule has 10 heteroatoms. The predicted octanol–water partition coefficient (Wildman–Crippen LogP) is 4.40. The highest BCUT2D eigenvalue weighted by Gasteiger charge is 2.58.